The van der Waals surface area contributed by atoms with Crippen molar-refractivity contribution in [2.24, 2.45) is 0 Å². The summed E-state index contributed by atoms with van der Waals surface area (Å²) in [4.78, 5) is 0. The van der Waals surface area contributed by atoms with Crippen molar-refractivity contribution < 1.29 is 69.3 Å². The van der Waals surface area contributed by atoms with Gasteiger partial charge in [0.25, 0.3) is 0 Å². The summed E-state index contributed by atoms with van der Waals surface area (Å²) < 4.78 is 32.8. The van der Waals surface area contributed by atoms with E-state index >= 15 is 0 Å². The van der Waals surface area contributed by atoms with Gasteiger partial charge < -0.3 is 69.3 Å². The molecule has 0 saturated carbocycles. The molecule has 1 aromatic carbocycles. The Balaban J connectivity index is 1.76. The maximum Gasteiger partial charge on any atom is 0.229 e. The van der Waals surface area contributed by atoms with E-state index in [1.54, 1.807) is 18.2 Å². The van der Waals surface area contributed by atoms with Gasteiger partial charge >= 0.3 is 0 Å². The van der Waals surface area contributed by atoms with Crippen molar-refractivity contribution in [1.29, 1.82) is 0 Å². The Morgan fingerprint density at radius 2 is 1.30 bits per heavy atom. The molecule has 0 bridgehead atoms. The SMILES string of the molecule is COc1cc(C=CCO)cc(OC)c1OC1OC(COC2OC(CO)C(O)C(O)C2O)C(O)C(O)C1O. The lowest BCUT2D eigenvalue weighted by Gasteiger charge is -2.42. The van der Waals surface area contributed by atoms with E-state index < -0.39 is 74.6 Å². The average Bonchev–Trinajstić information content (AvgIpc) is 2.91. The molecule has 37 heavy (non-hydrogen) atoms. The van der Waals surface area contributed by atoms with Crippen LogP contribution >= 0.6 is 0 Å². The highest BCUT2D eigenvalue weighted by molar-refractivity contribution is 5.62. The molecular formula is C23H34O14. The van der Waals surface area contributed by atoms with Crippen molar-refractivity contribution in [3.05, 3.63) is 23.8 Å². The molecule has 2 saturated heterocycles. The van der Waals surface area contributed by atoms with Crippen molar-refractivity contribution in [2.45, 2.75) is 61.4 Å². The van der Waals surface area contributed by atoms with Crippen LogP contribution in [0.15, 0.2) is 18.2 Å². The normalized spacial score (nSPS) is 36.5. The molecule has 0 aliphatic carbocycles. The fourth-order valence-corrected chi connectivity index (χ4v) is 3.96. The molecule has 0 radical (unpaired) electrons. The molecule has 210 valence electrons. The maximum atomic E-state index is 10.5. The number of rotatable bonds is 10. The molecule has 2 heterocycles. The number of aliphatic hydroxyl groups excluding tert-OH is 8. The second kappa shape index (κ2) is 13.1. The third-order valence-electron chi connectivity index (χ3n) is 6.07. The first-order valence-corrected chi connectivity index (χ1v) is 11.5. The molecule has 8 N–H and O–H groups in total. The minimum Gasteiger partial charge on any atom is -0.493 e. The molecule has 2 aliphatic heterocycles. The van der Waals surface area contributed by atoms with E-state index in [2.05, 4.69) is 0 Å². The molecule has 10 atom stereocenters. The zero-order valence-electron chi connectivity index (χ0n) is 20.2. The molecular weight excluding hydrogens is 500 g/mol. The van der Waals surface area contributed by atoms with Crippen LogP contribution in [0.25, 0.3) is 6.08 Å². The molecule has 10 unspecified atom stereocenters. The first-order chi connectivity index (χ1) is 17.7. The Kier molecular flexibility index (Phi) is 10.5. The van der Waals surface area contributed by atoms with Gasteiger partial charge in [-0.05, 0) is 17.7 Å². The van der Waals surface area contributed by atoms with Crippen molar-refractivity contribution in [3.63, 3.8) is 0 Å². The van der Waals surface area contributed by atoms with Gasteiger partial charge in [0.15, 0.2) is 17.8 Å². The summed E-state index contributed by atoms with van der Waals surface area (Å²) in [6.07, 6.45) is -12.5. The van der Waals surface area contributed by atoms with Gasteiger partial charge in [0, 0.05) is 0 Å². The molecule has 3 rings (SSSR count). The summed E-state index contributed by atoms with van der Waals surface area (Å²) in [6.45, 7) is -1.35. The number of ether oxygens (including phenoxy) is 6. The molecule has 1 aromatic rings. The highest BCUT2D eigenvalue weighted by atomic mass is 16.7. The van der Waals surface area contributed by atoms with Crippen LogP contribution in [0.1, 0.15) is 5.56 Å². The van der Waals surface area contributed by atoms with Crippen LogP contribution < -0.4 is 14.2 Å². The number of hydrogen-bond acceptors (Lipinski definition) is 14. The Morgan fingerprint density at radius 1 is 0.757 bits per heavy atom. The third kappa shape index (κ3) is 6.50. The highest BCUT2D eigenvalue weighted by Crippen LogP contribution is 2.41. The summed E-state index contributed by atoms with van der Waals surface area (Å²) in [5.41, 5.74) is 0.612. The zero-order chi connectivity index (χ0) is 27.3. The fourth-order valence-electron chi connectivity index (χ4n) is 3.96. The Bertz CT molecular complexity index is 869. The first-order valence-electron chi connectivity index (χ1n) is 11.5. The summed E-state index contributed by atoms with van der Waals surface area (Å²) in [7, 11) is 2.74. The molecule has 0 spiro atoms. The van der Waals surface area contributed by atoms with E-state index in [9.17, 15) is 35.7 Å². The smallest absolute Gasteiger partial charge is 0.229 e. The topological polar surface area (TPSA) is 217 Å². The van der Waals surface area contributed by atoms with Gasteiger partial charge in [-0.2, -0.15) is 0 Å². The molecule has 14 nitrogen and oxygen atoms in total. The standard InChI is InChI=1S/C23H34O14/c1-32-11-6-10(4-3-5-24)7-12(33-2)21(11)37-23-20(31)18(29)16(27)14(36-23)9-34-22-19(30)17(28)15(26)13(8-25)35-22/h3-4,6-7,13-20,22-31H,5,8-9H2,1-2H3. The van der Waals surface area contributed by atoms with E-state index in [1.165, 1.54) is 20.3 Å². The summed E-state index contributed by atoms with van der Waals surface area (Å²) >= 11 is 0. The van der Waals surface area contributed by atoms with Crippen molar-refractivity contribution >= 4 is 6.08 Å². The second-order valence-electron chi connectivity index (χ2n) is 8.50. The zero-order valence-corrected chi connectivity index (χ0v) is 20.2. The van der Waals surface area contributed by atoms with Crippen LogP contribution in [0.5, 0.6) is 17.2 Å². The van der Waals surface area contributed by atoms with Gasteiger partial charge in [0.05, 0.1) is 34.0 Å². The predicted molar refractivity (Wildman–Crippen MR) is 123 cm³/mol. The number of hydrogen-bond donors (Lipinski definition) is 8. The second-order valence-corrected chi connectivity index (χ2v) is 8.50. The molecule has 0 aromatic heterocycles. The van der Waals surface area contributed by atoms with Crippen molar-refractivity contribution in [3.8, 4) is 17.2 Å². The van der Waals surface area contributed by atoms with Crippen LogP contribution in [-0.4, -0.2) is 136 Å². The minimum absolute atomic E-state index is 0.0207. The van der Waals surface area contributed by atoms with Gasteiger partial charge in [-0.3, -0.25) is 0 Å². The lowest BCUT2D eigenvalue weighted by atomic mass is 9.98. The lowest BCUT2D eigenvalue weighted by molar-refractivity contribution is -0.323. The molecule has 14 heteroatoms. The van der Waals surface area contributed by atoms with Crippen LogP contribution in [0.3, 0.4) is 0 Å². The van der Waals surface area contributed by atoms with Crippen LogP contribution in [0, 0.1) is 0 Å². The number of methoxy groups -OCH3 is 2. The number of aliphatic hydroxyl groups is 8. The highest BCUT2D eigenvalue weighted by Gasteiger charge is 2.48. The Labute approximate surface area is 212 Å². The Hall–Kier alpha value is -2.08. The first kappa shape index (κ1) is 29.5. The quantitative estimate of drug-likeness (QED) is 0.148. The van der Waals surface area contributed by atoms with Crippen molar-refractivity contribution in [2.75, 3.05) is 34.0 Å². The van der Waals surface area contributed by atoms with Gasteiger partial charge in [0.1, 0.15) is 48.8 Å². The number of benzene rings is 1. The van der Waals surface area contributed by atoms with Crippen molar-refractivity contribution in [1.82, 2.24) is 0 Å². The molecule has 2 aliphatic rings. The van der Waals surface area contributed by atoms with Gasteiger partial charge in [0.2, 0.25) is 12.0 Å². The van der Waals surface area contributed by atoms with E-state index in [0.717, 1.165) is 0 Å². The van der Waals surface area contributed by atoms with Crippen LogP contribution in [0.2, 0.25) is 0 Å². The lowest BCUT2D eigenvalue weighted by Crippen LogP contribution is -2.62. The van der Waals surface area contributed by atoms with E-state index in [0.29, 0.717) is 5.56 Å². The summed E-state index contributed by atoms with van der Waals surface area (Å²) in [6, 6.07) is 3.15. The minimum atomic E-state index is -1.73. The van der Waals surface area contributed by atoms with E-state index in [-0.39, 0.29) is 23.9 Å². The monoisotopic (exact) mass is 534 g/mol. The van der Waals surface area contributed by atoms with E-state index in [4.69, 9.17) is 33.5 Å². The van der Waals surface area contributed by atoms with Crippen LogP contribution in [-0.2, 0) is 14.2 Å². The average molecular weight is 535 g/mol. The third-order valence-corrected chi connectivity index (χ3v) is 6.07. The van der Waals surface area contributed by atoms with Gasteiger partial charge in [-0.25, -0.2) is 0 Å². The van der Waals surface area contributed by atoms with E-state index in [1.807, 2.05) is 0 Å². The summed E-state index contributed by atoms with van der Waals surface area (Å²) in [5, 5.41) is 79.6. The van der Waals surface area contributed by atoms with Gasteiger partial charge in [-0.1, -0.05) is 12.2 Å². The molecule has 2 fully saturated rings. The van der Waals surface area contributed by atoms with Crippen LogP contribution in [0.4, 0.5) is 0 Å². The van der Waals surface area contributed by atoms with Gasteiger partial charge in [-0.15, -0.1) is 0 Å². The summed E-state index contributed by atoms with van der Waals surface area (Å²) in [5.74, 6) is 0.386. The predicted octanol–water partition coefficient (Wildman–Crippen LogP) is -3.29. The maximum absolute atomic E-state index is 10.5. The largest absolute Gasteiger partial charge is 0.493 e. The Morgan fingerprint density at radius 3 is 1.84 bits per heavy atom. The molecule has 0 amide bonds. The fraction of sp³-hybridized carbons (Fsp3) is 0.652.